The zero-order valence-electron chi connectivity index (χ0n) is 9.20. The summed E-state index contributed by atoms with van der Waals surface area (Å²) in [5, 5.41) is 0. The third-order valence-electron chi connectivity index (χ3n) is 1.98. The van der Waals surface area contributed by atoms with E-state index in [2.05, 4.69) is 19.7 Å². The van der Waals surface area contributed by atoms with Crippen LogP contribution in [0.2, 0.25) is 0 Å². The molecular formula is C13H10BrFOZn. The van der Waals surface area contributed by atoms with E-state index in [1.54, 1.807) is 6.07 Å². The Balaban J connectivity index is 0.000000686. The van der Waals surface area contributed by atoms with Crippen molar-refractivity contribution in [2.45, 2.75) is 6.61 Å². The van der Waals surface area contributed by atoms with Crippen molar-refractivity contribution in [2.24, 2.45) is 0 Å². The first-order chi connectivity index (χ1) is 8.34. The topological polar surface area (TPSA) is 9.23 Å². The van der Waals surface area contributed by atoms with E-state index in [1.807, 2.05) is 30.3 Å². The minimum absolute atomic E-state index is 0.304. The van der Waals surface area contributed by atoms with E-state index in [1.165, 1.54) is 28.5 Å². The van der Waals surface area contributed by atoms with Gasteiger partial charge >= 0.3 is 30.0 Å². The van der Waals surface area contributed by atoms with Gasteiger partial charge in [0.1, 0.15) is 6.61 Å². The molecule has 0 aromatic heterocycles. The third kappa shape index (κ3) is 5.42. The summed E-state index contributed by atoms with van der Waals surface area (Å²) < 4.78 is 18.0. The van der Waals surface area contributed by atoms with Crippen molar-refractivity contribution in [1.82, 2.24) is 0 Å². The van der Waals surface area contributed by atoms with Gasteiger partial charge in [-0.15, -0.1) is 24.3 Å². The van der Waals surface area contributed by atoms with E-state index in [9.17, 15) is 4.39 Å². The summed E-state index contributed by atoms with van der Waals surface area (Å²) in [6, 6.07) is 16.7. The van der Waals surface area contributed by atoms with Crippen LogP contribution in [0, 0.1) is 11.9 Å². The SMILES string of the molecule is Fc1c[c-]c(OCc2ccccc2)cc1.[Zn+][Br]. The fourth-order valence-electron chi connectivity index (χ4n) is 1.22. The van der Waals surface area contributed by atoms with Crippen LogP contribution in [0.4, 0.5) is 4.39 Å². The monoisotopic (exact) mass is 344 g/mol. The second kappa shape index (κ2) is 8.38. The molecule has 0 unspecified atom stereocenters. The number of rotatable bonds is 3. The Bertz CT molecular complexity index is 419. The molecule has 0 radical (unpaired) electrons. The van der Waals surface area contributed by atoms with Crippen molar-refractivity contribution in [3.05, 3.63) is 66.0 Å². The summed E-state index contributed by atoms with van der Waals surface area (Å²) in [7, 11) is 0. The number of hydrogen-bond donors (Lipinski definition) is 0. The Morgan fingerprint density at radius 3 is 2.41 bits per heavy atom. The molecule has 0 heterocycles. The molecule has 17 heavy (non-hydrogen) atoms. The summed E-state index contributed by atoms with van der Waals surface area (Å²) >= 11 is 4.25. The van der Waals surface area contributed by atoms with Crippen molar-refractivity contribution < 1.29 is 25.5 Å². The van der Waals surface area contributed by atoms with Gasteiger partial charge in [0.25, 0.3) is 0 Å². The van der Waals surface area contributed by atoms with Gasteiger partial charge in [0.05, 0.1) is 0 Å². The molecule has 0 saturated heterocycles. The molecule has 0 amide bonds. The molecule has 0 N–H and O–H groups in total. The normalized spacial score (nSPS) is 9.18. The third-order valence-corrected chi connectivity index (χ3v) is 1.98. The summed E-state index contributed by atoms with van der Waals surface area (Å²) in [5.74, 6) is 0.252. The average Bonchev–Trinajstić information content (AvgIpc) is 2.42. The predicted molar refractivity (Wildman–Crippen MR) is 64.9 cm³/mol. The first-order valence-corrected chi connectivity index (χ1v) is 11.9. The average molecular weight is 347 g/mol. The molecule has 2 aromatic carbocycles. The first-order valence-electron chi connectivity index (χ1n) is 4.95. The predicted octanol–water partition coefficient (Wildman–Crippen LogP) is 4.05. The number of benzene rings is 2. The van der Waals surface area contributed by atoms with Crippen molar-refractivity contribution in [1.29, 1.82) is 0 Å². The van der Waals surface area contributed by atoms with Crippen LogP contribution in [0.25, 0.3) is 0 Å². The van der Waals surface area contributed by atoms with E-state index in [0.29, 0.717) is 12.4 Å². The molecule has 2 aromatic rings. The maximum absolute atomic E-state index is 12.6. The van der Waals surface area contributed by atoms with Gasteiger partial charge in [0.2, 0.25) is 0 Å². The van der Waals surface area contributed by atoms with Crippen LogP contribution < -0.4 is 4.74 Å². The van der Waals surface area contributed by atoms with E-state index < -0.39 is 0 Å². The van der Waals surface area contributed by atoms with Gasteiger partial charge in [0, 0.05) is 11.6 Å². The zero-order chi connectivity index (χ0) is 12.5. The molecule has 0 bridgehead atoms. The van der Waals surface area contributed by atoms with Gasteiger partial charge in [-0.3, -0.25) is 4.39 Å². The van der Waals surface area contributed by atoms with Crippen molar-refractivity contribution in [3.63, 3.8) is 0 Å². The Kier molecular flexibility index (Phi) is 7.06. The molecule has 0 fully saturated rings. The fourth-order valence-corrected chi connectivity index (χ4v) is 1.22. The molecule has 0 aliphatic rings. The Hall–Kier alpha value is -0.727. The number of hydrogen-bond acceptors (Lipinski definition) is 1. The molecule has 0 saturated carbocycles. The maximum atomic E-state index is 12.6. The van der Waals surface area contributed by atoms with Crippen LogP contribution in [0.15, 0.2) is 48.5 Å². The zero-order valence-corrected chi connectivity index (χ0v) is 13.8. The van der Waals surface area contributed by atoms with E-state index in [0.717, 1.165) is 5.56 Å². The van der Waals surface area contributed by atoms with Gasteiger partial charge in [0.15, 0.2) is 0 Å². The second-order valence-electron chi connectivity index (χ2n) is 3.15. The van der Waals surface area contributed by atoms with E-state index >= 15 is 0 Å². The van der Waals surface area contributed by atoms with Crippen molar-refractivity contribution in [3.8, 4) is 5.75 Å². The van der Waals surface area contributed by atoms with Crippen LogP contribution in [0.5, 0.6) is 5.75 Å². The molecule has 0 atom stereocenters. The molecular weight excluding hydrogens is 336 g/mol. The minimum atomic E-state index is -0.304. The Morgan fingerprint density at radius 1 is 1.12 bits per heavy atom. The van der Waals surface area contributed by atoms with E-state index in [-0.39, 0.29) is 5.82 Å². The van der Waals surface area contributed by atoms with Gasteiger partial charge in [-0.1, -0.05) is 30.3 Å². The van der Waals surface area contributed by atoms with Crippen molar-refractivity contribution in [2.75, 3.05) is 0 Å². The summed E-state index contributed by atoms with van der Waals surface area (Å²) in [4.78, 5) is 0. The van der Waals surface area contributed by atoms with Crippen LogP contribution in [-0.4, -0.2) is 0 Å². The van der Waals surface area contributed by atoms with Gasteiger partial charge in [-0.05, 0) is 5.56 Å². The Morgan fingerprint density at radius 2 is 1.82 bits per heavy atom. The van der Waals surface area contributed by atoms with Crippen LogP contribution in [-0.2, 0) is 22.9 Å². The number of ether oxygens (including phenoxy) is 1. The van der Waals surface area contributed by atoms with Gasteiger partial charge in [-0.25, -0.2) is 0 Å². The Labute approximate surface area is 117 Å². The molecule has 1 nitrogen and oxygen atoms in total. The quantitative estimate of drug-likeness (QED) is 0.602. The summed E-state index contributed by atoms with van der Waals surface area (Å²) in [6.07, 6.45) is 0. The second-order valence-corrected chi connectivity index (χ2v) is 3.15. The standard InChI is InChI=1S/C13H10FO.BrH.Zn/c14-12-6-8-13(9-7-12)15-10-11-4-2-1-3-5-11;;/h1-8H,10H2;1H;/q-1;;+2/p-1. The molecule has 2 rings (SSSR count). The summed E-state index contributed by atoms with van der Waals surface area (Å²) in [6.45, 7) is 0.475. The van der Waals surface area contributed by atoms with Crippen molar-refractivity contribution >= 4 is 13.6 Å². The fraction of sp³-hybridized carbons (Fsp3) is 0.0769. The van der Waals surface area contributed by atoms with Gasteiger partial charge < -0.3 is 4.74 Å². The van der Waals surface area contributed by atoms with E-state index in [4.69, 9.17) is 4.74 Å². The summed E-state index contributed by atoms with van der Waals surface area (Å²) in [5.41, 5.74) is 1.08. The van der Waals surface area contributed by atoms with Crippen LogP contribution in [0.1, 0.15) is 5.56 Å². The molecule has 84 valence electrons. The van der Waals surface area contributed by atoms with Crippen LogP contribution in [0.3, 0.4) is 0 Å². The number of halogens is 2. The molecule has 0 aliphatic carbocycles. The molecule has 4 heteroatoms. The van der Waals surface area contributed by atoms with Crippen LogP contribution >= 0.6 is 13.6 Å². The molecule has 0 aliphatic heterocycles. The van der Waals surface area contributed by atoms with Gasteiger partial charge in [-0.2, -0.15) is 0 Å². The molecule has 0 spiro atoms. The first kappa shape index (κ1) is 14.3.